The highest BCUT2D eigenvalue weighted by Crippen LogP contribution is 2.38. The lowest BCUT2D eigenvalue weighted by Gasteiger charge is -2.36. The molecular formula is C21H25N5O. The Bertz CT molecular complexity index is 886. The quantitative estimate of drug-likeness (QED) is 0.671. The van der Waals surface area contributed by atoms with Crippen LogP contribution in [0.2, 0.25) is 0 Å². The molecule has 140 valence electrons. The van der Waals surface area contributed by atoms with Crippen LogP contribution in [-0.4, -0.2) is 50.8 Å². The predicted octanol–water partition coefficient (Wildman–Crippen LogP) is 2.75. The molecule has 0 saturated carbocycles. The first-order valence-corrected chi connectivity index (χ1v) is 9.28. The number of fused-ring (bicyclic) bond motifs is 1. The molecular weight excluding hydrogens is 338 g/mol. The summed E-state index contributed by atoms with van der Waals surface area (Å²) in [4.78, 5) is 23.3. The first-order valence-electron chi connectivity index (χ1n) is 9.28. The van der Waals surface area contributed by atoms with E-state index in [2.05, 4.69) is 34.0 Å². The summed E-state index contributed by atoms with van der Waals surface area (Å²) in [5, 5.41) is 0. The van der Waals surface area contributed by atoms with Gasteiger partial charge in [-0.2, -0.15) is 0 Å². The van der Waals surface area contributed by atoms with Crippen LogP contribution >= 0.6 is 0 Å². The molecule has 0 spiro atoms. The second-order valence-corrected chi connectivity index (χ2v) is 7.31. The van der Waals surface area contributed by atoms with Crippen molar-refractivity contribution in [1.29, 1.82) is 0 Å². The van der Waals surface area contributed by atoms with Crippen LogP contribution in [0.3, 0.4) is 0 Å². The molecule has 0 radical (unpaired) electrons. The summed E-state index contributed by atoms with van der Waals surface area (Å²) in [6.45, 7) is 6.08. The van der Waals surface area contributed by atoms with E-state index in [0.717, 1.165) is 60.7 Å². The molecule has 0 bridgehead atoms. The molecule has 2 aromatic carbocycles. The van der Waals surface area contributed by atoms with Gasteiger partial charge in [0.25, 0.3) is 0 Å². The van der Waals surface area contributed by atoms with Gasteiger partial charge in [0.05, 0.1) is 12.0 Å². The van der Waals surface area contributed by atoms with Gasteiger partial charge in [0.15, 0.2) is 0 Å². The highest BCUT2D eigenvalue weighted by atomic mass is 16.1. The summed E-state index contributed by atoms with van der Waals surface area (Å²) in [5.41, 5.74) is 11.5. The molecule has 2 aromatic rings. The van der Waals surface area contributed by atoms with E-state index >= 15 is 0 Å². The average Bonchev–Trinajstić information content (AvgIpc) is 2.69. The van der Waals surface area contributed by atoms with E-state index in [4.69, 9.17) is 5.73 Å². The largest absolute Gasteiger partial charge is 0.399 e. The molecule has 1 atom stereocenters. The monoisotopic (exact) mass is 363 g/mol. The van der Waals surface area contributed by atoms with Crippen LogP contribution in [0.25, 0.3) is 0 Å². The molecule has 2 aliphatic heterocycles. The first kappa shape index (κ1) is 17.5. The van der Waals surface area contributed by atoms with E-state index in [1.165, 1.54) is 0 Å². The number of aldehydes is 1. The third-order valence-corrected chi connectivity index (χ3v) is 5.46. The van der Waals surface area contributed by atoms with Gasteiger partial charge in [-0.25, -0.2) is 4.99 Å². The van der Waals surface area contributed by atoms with Gasteiger partial charge in [-0.3, -0.25) is 0 Å². The highest BCUT2D eigenvalue weighted by molar-refractivity contribution is 5.93. The summed E-state index contributed by atoms with van der Waals surface area (Å²) in [5.74, 6) is 0. The van der Waals surface area contributed by atoms with Gasteiger partial charge in [0.2, 0.25) is 0 Å². The number of nitrogens with zero attached hydrogens (tertiary/aromatic N) is 4. The van der Waals surface area contributed by atoms with E-state index in [0.29, 0.717) is 5.69 Å². The first-order chi connectivity index (χ1) is 13.1. The third-order valence-electron chi connectivity index (χ3n) is 5.46. The van der Waals surface area contributed by atoms with Crippen LogP contribution < -0.4 is 15.5 Å². The van der Waals surface area contributed by atoms with Crippen molar-refractivity contribution in [2.24, 2.45) is 4.99 Å². The lowest BCUT2D eigenvalue weighted by molar-refractivity contribution is -0.108. The Balaban J connectivity index is 1.70. The maximum atomic E-state index is 12.1. The molecule has 1 fully saturated rings. The summed E-state index contributed by atoms with van der Waals surface area (Å²) in [6.07, 6.45) is 2.72. The Morgan fingerprint density at radius 2 is 1.89 bits per heavy atom. The van der Waals surface area contributed by atoms with Crippen LogP contribution in [-0.2, 0) is 4.79 Å². The van der Waals surface area contributed by atoms with Gasteiger partial charge in [0.1, 0.15) is 12.3 Å². The maximum Gasteiger partial charge on any atom is 0.147 e. The molecule has 0 amide bonds. The summed E-state index contributed by atoms with van der Waals surface area (Å²) >= 11 is 0. The van der Waals surface area contributed by atoms with E-state index in [1.807, 2.05) is 36.1 Å². The number of aryl methyl sites for hydroxylation is 1. The van der Waals surface area contributed by atoms with Gasteiger partial charge < -0.3 is 25.2 Å². The van der Waals surface area contributed by atoms with Crippen LogP contribution in [0.1, 0.15) is 17.2 Å². The van der Waals surface area contributed by atoms with Gasteiger partial charge in [0, 0.05) is 48.8 Å². The summed E-state index contributed by atoms with van der Waals surface area (Å²) < 4.78 is 0. The number of piperazine rings is 1. The minimum Gasteiger partial charge on any atom is -0.399 e. The molecule has 27 heavy (non-hydrogen) atoms. The lowest BCUT2D eigenvalue weighted by Crippen LogP contribution is -2.44. The minimum absolute atomic E-state index is 0.412. The fraction of sp³-hybridized carbons (Fsp3) is 0.333. The number of hydrogen-bond donors (Lipinski definition) is 1. The Labute approximate surface area is 159 Å². The number of aliphatic imine (C=N–C) groups is 1. The molecule has 0 aliphatic carbocycles. The fourth-order valence-electron chi connectivity index (χ4n) is 3.76. The van der Waals surface area contributed by atoms with Crippen molar-refractivity contribution >= 4 is 35.4 Å². The van der Waals surface area contributed by atoms with Crippen molar-refractivity contribution in [3.63, 3.8) is 0 Å². The molecule has 6 nitrogen and oxygen atoms in total. The molecule has 2 heterocycles. The normalized spacial score (nSPS) is 19.9. The standard InChI is InChI=1S/C21H25N5O/c1-15-3-4-16(22)11-20(15)26-14-23-19-6-5-17(12-18(19)21(26)13-27)25-9-7-24(2)8-10-25/h3-6,11-14,21H,7-10,22H2,1-2H3. The SMILES string of the molecule is Cc1ccc(N)cc1N1C=Nc2ccc(N3CCN(C)CC3)cc2C1C=O. The molecule has 1 saturated heterocycles. The molecule has 4 rings (SSSR count). The number of carbonyl (C=O) groups is 1. The van der Waals surface area contributed by atoms with Crippen molar-refractivity contribution in [2.45, 2.75) is 13.0 Å². The Hall–Kier alpha value is -2.86. The lowest BCUT2D eigenvalue weighted by atomic mass is 10.00. The number of nitrogen functional groups attached to an aromatic ring is 1. The highest BCUT2D eigenvalue weighted by Gasteiger charge is 2.27. The number of rotatable bonds is 3. The van der Waals surface area contributed by atoms with E-state index < -0.39 is 6.04 Å². The van der Waals surface area contributed by atoms with E-state index in [1.54, 1.807) is 6.34 Å². The smallest absolute Gasteiger partial charge is 0.147 e. The summed E-state index contributed by atoms with van der Waals surface area (Å²) in [7, 11) is 2.15. The molecule has 0 aromatic heterocycles. The maximum absolute atomic E-state index is 12.1. The molecule has 2 N–H and O–H groups in total. The predicted molar refractivity (Wildman–Crippen MR) is 111 cm³/mol. The zero-order chi connectivity index (χ0) is 19.0. The van der Waals surface area contributed by atoms with Crippen LogP contribution in [0, 0.1) is 6.92 Å². The minimum atomic E-state index is -0.412. The average molecular weight is 363 g/mol. The van der Waals surface area contributed by atoms with Crippen molar-refractivity contribution in [3.05, 3.63) is 47.5 Å². The number of nitrogens with two attached hydrogens (primary N) is 1. The second kappa shape index (κ2) is 7.04. The number of likely N-dealkylation sites (N-methyl/N-ethyl adjacent to an activating group) is 1. The number of carbonyl (C=O) groups excluding carboxylic acids is 1. The molecule has 2 aliphatic rings. The number of anilines is 3. The van der Waals surface area contributed by atoms with Crippen molar-refractivity contribution in [2.75, 3.05) is 48.8 Å². The number of benzene rings is 2. The van der Waals surface area contributed by atoms with Crippen LogP contribution in [0.4, 0.5) is 22.7 Å². The fourth-order valence-corrected chi connectivity index (χ4v) is 3.76. The van der Waals surface area contributed by atoms with Gasteiger partial charge in [-0.05, 0) is 49.9 Å². The van der Waals surface area contributed by atoms with Crippen LogP contribution in [0.5, 0.6) is 0 Å². The zero-order valence-electron chi connectivity index (χ0n) is 15.8. The second-order valence-electron chi connectivity index (χ2n) is 7.31. The van der Waals surface area contributed by atoms with Crippen molar-refractivity contribution in [1.82, 2.24) is 4.90 Å². The zero-order valence-corrected chi connectivity index (χ0v) is 15.8. The topological polar surface area (TPSA) is 65.2 Å². The Morgan fingerprint density at radius 3 is 2.63 bits per heavy atom. The van der Waals surface area contributed by atoms with Gasteiger partial charge in [-0.1, -0.05) is 6.07 Å². The molecule has 1 unspecified atom stereocenters. The number of hydrogen-bond acceptors (Lipinski definition) is 6. The van der Waals surface area contributed by atoms with E-state index in [-0.39, 0.29) is 0 Å². The van der Waals surface area contributed by atoms with Gasteiger partial charge >= 0.3 is 0 Å². The Kier molecular flexibility index (Phi) is 4.58. The molecule has 6 heteroatoms. The van der Waals surface area contributed by atoms with E-state index in [9.17, 15) is 4.79 Å². The Morgan fingerprint density at radius 1 is 1.11 bits per heavy atom. The third kappa shape index (κ3) is 3.28. The van der Waals surface area contributed by atoms with Crippen LogP contribution in [0.15, 0.2) is 41.4 Å². The summed E-state index contributed by atoms with van der Waals surface area (Å²) in [6, 6.07) is 11.6. The van der Waals surface area contributed by atoms with Gasteiger partial charge in [-0.15, -0.1) is 0 Å². The van der Waals surface area contributed by atoms with Crippen molar-refractivity contribution in [3.8, 4) is 0 Å². The van der Waals surface area contributed by atoms with Crippen molar-refractivity contribution < 1.29 is 4.79 Å².